The van der Waals surface area contributed by atoms with Gasteiger partial charge in [0.1, 0.15) is 5.82 Å². The van der Waals surface area contributed by atoms with E-state index in [1.165, 1.54) is 7.11 Å². The molecule has 0 amide bonds. The van der Waals surface area contributed by atoms with Crippen molar-refractivity contribution in [3.05, 3.63) is 11.3 Å². The average Bonchev–Trinajstić information content (AvgIpc) is 2.20. The lowest BCUT2D eigenvalue weighted by Crippen LogP contribution is -2.08. The van der Waals surface area contributed by atoms with Crippen LogP contribution in [0, 0.1) is 0 Å². The Morgan fingerprint density at radius 3 is 2.53 bits per heavy atom. The first-order valence-electron chi connectivity index (χ1n) is 4.73. The highest BCUT2D eigenvalue weighted by Crippen LogP contribution is 2.22. The topological polar surface area (TPSA) is 73.4 Å². The van der Waals surface area contributed by atoms with Gasteiger partial charge in [0.15, 0.2) is 0 Å². The van der Waals surface area contributed by atoms with Gasteiger partial charge in [0.2, 0.25) is 0 Å². The number of nitrogen functional groups attached to an aromatic ring is 1. The van der Waals surface area contributed by atoms with Gasteiger partial charge in [-0.25, -0.2) is 0 Å². The Balaban J connectivity index is 3.35. The molecule has 15 heavy (non-hydrogen) atoms. The molecule has 82 valence electrons. The minimum Gasteiger partial charge on any atom is -0.467 e. The van der Waals surface area contributed by atoms with Gasteiger partial charge in [-0.05, 0) is 5.92 Å². The molecule has 0 aliphatic carbocycles. The van der Waals surface area contributed by atoms with Crippen LogP contribution < -0.4 is 10.5 Å². The van der Waals surface area contributed by atoms with Crippen molar-refractivity contribution in [2.24, 2.45) is 4.99 Å². The highest BCUT2D eigenvalue weighted by atomic mass is 16.5. The van der Waals surface area contributed by atoms with Crippen LogP contribution in [0.1, 0.15) is 31.0 Å². The summed E-state index contributed by atoms with van der Waals surface area (Å²) in [6, 6.07) is 0.296. The number of nitrogens with two attached hydrogens (primary N) is 1. The van der Waals surface area contributed by atoms with Crippen LogP contribution in [0.25, 0.3) is 0 Å². The van der Waals surface area contributed by atoms with Gasteiger partial charge in [-0.3, -0.25) is 4.99 Å². The summed E-state index contributed by atoms with van der Waals surface area (Å²) in [7, 11) is 3.21. The molecular weight excluding hydrogens is 192 g/mol. The van der Waals surface area contributed by atoms with E-state index in [1.807, 2.05) is 13.8 Å². The molecule has 2 N–H and O–H groups in total. The summed E-state index contributed by atoms with van der Waals surface area (Å²) in [4.78, 5) is 12.2. The Morgan fingerprint density at radius 1 is 1.40 bits per heavy atom. The molecule has 0 unspecified atom stereocenters. The van der Waals surface area contributed by atoms with Crippen LogP contribution in [0.2, 0.25) is 0 Å². The second kappa shape index (κ2) is 4.72. The first-order chi connectivity index (χ1) is 7.10. The fourth-order valence-electron chi connectivity index (χ4n) is 1.28. The van der Waals surface area contributed by atoms with E-state index in [1.54, 1.807) is 13.3 Å². The average molecular weight is 208 g/mol. The Bertz CT molecular complexity index is 374. The number of aromatic nitrogens is 2. The SMILES string of the molecule is CN=Cc1c(N)nc(OC)nc1C(C)C. The Hall–Kier alpha value is -1.65. The number of hydrogen-bond acceptors (Lipinski definition) is 5. The third-order valence-corrected chi connectivity index (χ3v) is 1.97. The van der Waals surface area contributed by atoms with Gasteiger partial charge in [-0.1, -0.05) is 13.8 Å². The Morgan fingerprint density at radius 2 is 2.07 bits per heavy atom. The minimum atomic E-state index is 0.247. The van der Waals surface area contributed by atoms with Crippen molar-refractivity contribution in [2.45, 2.75) is 19.8 Å². The maximum absolute atomic E-state index is 5.80. The molecule has 1 heterocycles. The predicted octanol–water partition coefficient (Wildman–Crippen LogP) is 1.24. The maximum atomic E-state index is 5.80. The van der Waals surface area contributed by atoms with Crippen molar-refractivity contribution in [1.29, 1.82) is 0 Å². The zero-order valence-corrected chi connectivity index (χ0v) is 9.48. The first-order valence-corrected chi connectivity index (χ1v) is 4.73. The van der Waals surface area contributed by atoms with E-state index in [2.05, 4.69) is 15.0 Å². The van der Waals surface area contributed by atoms with Crippen molar-refractivity contribution in [1.82, 2.24) is 9.97 Å². The van der Waals surface area contributed by atoms with Gasteiger partial charge >= 0.3 is 6.01 Å². The van der Waals surface area contributed by atoms with Crippen LogP contribution in [0.15, 0.2) is 4.99 Å². The van der Waals surface area contributed by atoms with Crippen LogP contribution in [0.4, 0.5) is 5.82 Å². The van der Waals surface area contributed by atoms with Gasteiger partial charge in [-0.2, -0.15) is 9.97 Å². The first kappa shape index (κ1) is 11.4. The third kappa shape index (κ3) is 2.43. The smallest absolute Gasteiger partial charge is 0.318 e. The van der Waals surface area contributed by atoms with Crippen molar-refractivity contribution < 1.29 is 4.74 Å². The standard InChI is InChI=1S/C10H16N4O/c1-6(2)8-7(5-12-3)9(11)14-10(13-8)15-4/h5-6H,1-4H3,(H2,11,13,14). The van der Waals surface area contributed by atoms with E-state index in [9.17, 15) is 0 Å². The molecule has 1 aromatic heterocycles. The van der Waals surface area contributed by atoms with Gasteiger partial charge in [-0.15, -0.1) is 0 Å². The van der Waals surface area contributed by atoms with E-state index in [0.29, 0.717) is 11.8 Å². The van der Waals surface area contributed by atoms with Crippen molar-refractivity contribution in [3.8, 4) is 6.01 Å². The van der Waals surface area contributed by atoms with E-state index >= 15 is 0 Å². The van der Waals surface area contributed by atoms with E-state index in [4.69, 9.17) is 10.5 Å². The fraction of sp³-hybridized carbons (Fsp3) is 0.500. The molecule has 0 aliphatic heterocycles. The normalized spacial score (nSPS) is 11.3. The van der Waals surface area contributed by atoms with Crippen LogP contribution in [-0.2, 0) is 0 Å². The monoisotopic (exact) mass is 208 g/mol. The number of ether oxygens (including phenoxy) is 1. The molecule has 5 nitrogen and oxygen atoms in total. The number of methoxy groups -OCH3 is 1. The molecule has 5 heteroatoms. The van der Waals surface area contributed by atoms with E-state index < -0.39 is 0 Å². The summed E-state index contributed by atoms with van der Waals surface area (Å²) < 4.78 is 4.97. The number of anilines is 1. The summed E-state index contributed by atoms with van der Waals surface area (Å²) >= 11 is 0. The number of aliphatic imine (C=N–C) groups is 1. The second-order valence-electron chi connectivity index (χ2n) is 3.44. The Labute approximate surface area is 89.4 Å². The highest BCUT2D eigenvalue weighted by molar-refractivity contribution is 5.87. The second-order valence-corrected chi connectivity index (χ2v) is 3.44. The minimum absolute atomic E-state index is 0.247. The van der Waals surface area contributed by atoms with Gasteiger partial charge in [0.05, 0.1) is 18.4 Å². The molecule has 0 saturated carbocycles. The number of nitrogens with zero attached hydrogens (tertiary/aromatic N) is 3. The van der Waals surface area contributed by atoms with Crippen LogP contribution in [-0.4, -0.2) is 30.3 Å². The molecule has 0 radical (unpaired) electrons. The largest absolute Gasteiger partial charge is 0.467 e. The lowest BCUT2D eigenvalue weighted by atomic mass is 10.1. The molecular formula is C10H16N4O. The highest BCUT2D eigenvalue weighted by Gasteiger charge is 2.13. The van der Waals surface area contributed by atoms with Gasteiger partial charge < -0.3 is 10.5 Å². The van der Waals surface area contributed by atoms with Gasteiger partial charge in [0, 0.05) is 13.3 Å². The summed E-state index contributed by atoms with van der Waals surface area (Å²) in [5, 5.41) is 0. The molecule has 0 aromatic carbocycles. The number of hydrogen-bond donors (Lipinski definition) is 1. The third-order valence-electron chi connectivity index (χ3n) is 1.97. The van der Waals surface area contributed by atoms with E-state index in [0.717, 1.165) is 11.3 Å². The van der Waals surface area contributed by atoms with Crippen LogP contribution in [0.5, 0.6) is 6.01 Å². The maximum Gasteiger partial charge on any atom is 0.318 e. The summed E-state index contributed by atoms with van der Waals surface area (Å²) in [5.74, 6) is 0.647. The molecule has 1 aromatic rings. The Kier molecular flexibility index (Phi) is 3.60. The molecule has 1 rings (SSSR count). The van der Waals surface area contributed by atoms with Crippen molar-refractivity contribution >= 4 is 12.0 Å². The number of rotatable bonds is 3. The van der Waals surface area contributed by atoms with Crippen molar-refractivity contribution in [2.75, 3.05) is 19.9 Å². The molecule has 0 atom stereocenters. The quantitative estimate of drug-likeness (QED) is 0.758. The molecule has 0 saturated heterocycles. The molecule has 0 spiro atoms. The van der Waals surface area contributed by atoms with Crippen LogP contribution >= 0.6 is 0 Å². The zero-order valence-electron chi connectivity index (χ0n) is 9.48. The zero-order chi connectivity index (χ0) is 11.4. The van der Waals surface area contributed by atoms with Crippen LogP contribution in [0.3, 0.4) is 0 Å². The lowest BCUT2D eigenvalue weighted by molar-refractivity contribution is 0.378. The molecule has 0 aliphatic rings. The fourth-order valence-corrected chi connectivity index (χ4v) is 1.28. The summed E-state index contributed by atoms with van der Waals surface area (Å²) in [6.45, 7) is 4.07. The molecule has 0 bridgehead atoms. The van der Waals surface area contributed by atoms with E-state index in [-0.39, 0.29) is 5.92 Å². The predicted molar refractivity (Wildman–Crippen MR) is 60.6 cm³/mol. The van der Waals surface area contributed by atoms with Crippen molar-refractivity contribution in [3.63, 3.8) is 0 Å². The van der Waals surface area contributed by atoms with Gasteiger partial charge in [0.25, 0.3) is 0 Å². The summed E-state index contributed by atoms with van der Waals surface area (Å²) in [6.07, 6.45) is 1.67. The molecule has 0 fully saturated rings. The lowest BCUT2D eigenvalue weighted by Gasteiger charge is -2.11. The summed E-state index contributed by atoms with van der Waals surface area (Å²) in [5.41, 5.74) is 7.42.